The van der Waals surface area contributed by atoms with Gasteiger partial charge < -0.3 is 5.32 Å². The molecule has 0 bridgehead atoms. The molecule has 0 heterocycles. The minimum atomic E-state index is 0.629. The molecular weight excluding hydrogens is 184 g/mol. The summed E-state index contributed by atoms with van der Waals surface area (Å²) in [7, 11) is 2.08. The summed E-state index contributed by atoms with van der Waals surface area (Å²) in [4.78, 5) is 2.58. The van der Waals surface area contributed by atoms with Gasteiger partial charge in [-0.1, -0.05) is 27.2 Å². The fourth-order valence-corrected chi connectivity index (χ4v) is 1.94. The van der Waals surface area contributed by atoms with E-state index in [-0.39, 0.29) is 0 Å². The van der Waals surface area contributed by atoms with Gasteiger partial charge in [0.15, 0.2) is 0 Å². The van der Waals surface area contributed by atoms with E-state index >= 15 is 0 Å². The summed E-state index contributed by atoms with van der Waals surface area (Å²) < 4.78 is 0. The van der Waals surface area contributed by atoms with Gasteiger partial charge in [-0.25, -0.2) is 0 Å². The molecule has 15 heavy (non-hydrogen) atoms. The molecule has 0 aromatic heterocycles. The van der Waals surface area contributed by atoms with Crippen molar-refractivity contribution in [2.75, 3.05) is 20.1 Å². The first-order chi connectivity index (χ1) is 7.06. The van der Waals surface area contributed by atoms with Crippen molar-refractivity contribution in [1.29, 1.82) is 0 Å². The van der Waals surface area contributed by atoms with E-state index in [1.807, 2.05) is 0 Å². The molecule has 1 N–H and O–H groups in total. The number of hydrogen-bond acceptors (Lipinski definition) is 2. The first-order valence-corrected chi connectivity index (χ1v) is 6.48. The number of nitrogens with one attached hydrogen (secondary N) is 1. The number of rotatable bonds is 8. The lowest BCUT2D eigenvalue weighted by Gasteiger charge is -2.32. The Hall–Kier alpha value is -0.0800. The molecule has 2 atom stereocenters. The molecule has 2 heteroatoms. The molecule has 0 aliphatic heterocycles. The fraction of sp³-hybridized carbons (Fsp3) is 1.00. The lowest BCUT2D eigenvalue weighted by Crippen LogP contribution is -2.46. The maximum atomic E-state index is 3.45. The smallest absolute Gasteiger partial charge is 0.0217 e. The van der Waals surface area contributed by atoms with E-state index in [1.54, 1.807) is 0 Å². The SMILES string of the molecule is CCCN(CC(NC)C(C)CC)C(C)C. The van der Waals surface area contributed by atoms with Crippen LogP contribution >= 0.6 is 0 Å². The van der Waals surface area contributed by atoms with E-state index in [9.17, 15) is 0 Å². The van der Waals surface area contributed by atoms with E-state index in [2.05, 4.69) is 51.9 Å². The van der Waals surface area contributed by atoms with E-state index in [4.69, 9.17) is 0 Å². The highest BCUT2D eigenvalue weighted by Gasteiger charge is 2.18. The summed E-state index contributed by atoms with van der Waals surface area (Å²) in [5, 5.41) is 3.45. The molecule has 0 saturated carbocycles. The monoisotopic (exact) mass is 214 g/mol. The Morgan fingerprint density at radius 2 is 1.73 bits per heavy atom. The lowest BCUT2D eigenvalue weighted by atomic mass is 9.98. The van der Waals surface area contributed by atoms with Crippen LogP contribution in [0.1, 0.15) is 47.5 Å². The van der Waals surface area contributed by atoms with Crippen molar-refractivity contribution in [1.82, 2.24) is 10.2 Å². The zero-order valence-corrected chi connectivity index (χ0v) is 11.5. The molecule has 0 saturated heterocycles. The van der Waals surface area contributed by atoms with Gasteiger partial charge in [-0.3, -0.25) is 4.90 Å². The number of nitrogens with zero attached hydrogens (tertiary/aromatic N) is 1. The molecule has 0 aromatic rings. The maximum Gasteiger partial charge on any atom is 0.0217 e. The molecule has 0 spiro atoms. The highest BCUT2D eigenvalue weighted by Crippen LogP contribution is 2.11. The summed E-state index contributed by atoms with van der Waals surface area (Å²) in [6.07, 6.45) is 2.50. The van der Waals surface area contributed by atoms with Crippen LogP contribution in [0.25, 0.3) is 0 Å². The van der Waals surface area contributed by atoms with Crippen molar-refractivity contribution in [3.63, 3.8) is 0 Å². The van der Waals surface area contributed by atoms with Crippen LogP contribution in [0.3, 0.4) is 0 Å². The average Bonchev–Trinajstić information content (AvgIpc) is 2.22. The third-order valence-electron chi connectivity index (χ3n) is 3.37. The van der Waals surface area contributed by atoms with Crippen LogP contribution in [0.5, 0.6) is 0 Å². The van der Waals surface area contributed by atoms with Crippen LogP contribution in [0, 0.1) is 5.92 Å². The molecule has 2 nitrogen and oxygen atoms in total. The Morgan fingerprint density at radius 3 is 2.07 bits per heavy atom. The zero-order chi connectivity index (χ0) is 11.8. The average molecular weight is 214 g/mol. The largest absolute Gasteiger partial charge is 0.315 e. The van der Waals surface area contributed by atoms with Crippen molar-refractivity contribution in [2.24, 2.45) is 5.92 Å². The van der Waals surface area contributed by atoms with Gasteiger partial charge in [-0.05, 0) is 39.8 Å². The first-order valence-electron chi connectivity index (χ1n) is 6.48. The normalized spacial score (nSPS) is 16.0. The number of likely N-dealkylation sites (N-methyl/N-ethyl adjacent to an activating group) is 1. The topological polar surface area (TPSA) is 15.3 Å². The molecule has 0 amide bonds. The van der Waals surface area contributed by atoms with Gasteiger partial charge in [0.1, 0.15) is 0 Å². The Labute approximate surface area is 96.4 Å². The van der Waals surface area contributed by atoms with Gasteiger partial charge in [0.05, 0.1) is 0 Å². The van der Waals surface area contributed by atoms with Crippen molar-refractivity contribution >= 4 is 0 Å². The zero-order valence-electron chi connectivity index (χ0n) is 11.5. The van der Waals surface area contributed by atoms with Crippen molar-refractivity contribution in [2.45, 2.75) is 59.5 Å². The molecule has 0 aliphatic carbocycles. The predicted octanol–water partition coefficient (Wildman–Crippen LogP) is 2.74. The van der Waals surface area contributed by atoms with E-state index < -0.39 is 0 Å². The van der Waals surface area contributed by atoms with Crippen LogP contribution in [0.2, 0.25) is 0 Å². The number of hydrogen-bond donors (Lipinski definition) is 1. The van der Waals surface area contributed by atoms with Crippen LogP contribution in [0.4, 0.5) is 0 Å². The van der Waals surface area contributed by atoms with Crippen LogP contribution < -0.4 is 5.32 Å². The van der Waals surface area contributed by atoms with Gasteiger partial charge in [-0.15, -0.1) is 0 Å². The minimum Gasteiger partial charge on any atom is -0.315 e. The third kappa shape index (κ3) is 5.53. The van der Waals surface area contributed by atoms with Crippen molar-refractivity contribution in [3.05, 3.63) is 0 Å². The molecule has 0 fully saturated rings. The second kappa shape index (κ2) is 8.12. The fourth-order valence-electron chi connectivity index (χ4n) is 1.94. The highest BCUT2D eigenvalue weighted by atomic mass is 15.2. The Morgan fingerprint density at radius 1 is 1.13 bits per heavy atom. The third-order valence-corrected chi connectivity index (χ3v) is 3.37. The quantitative estimate of drug-likeness (QED) is 0.668. The summed E-state index contributed by atoms with van der Waals surface area (Å²) in [5.41, 5.74) is 0. The molecular formula is C13H30N2. The van der Waals surface area contributed by atoms with Gasteiger partial charge in [0.2, 0.25) is 0 Å². The second-order valence-corrected chi connectivity index (χ2v) is 4.87. The van der Waals surface area contributed by atoms with Gasteiger partial charge >= 0.3 is 0 Å². The van der Waals surface area contributed by atoms with Crippen LogP contribution in [0.15, 0.2) is 0 Å². The summed E-state index contributed by atoms with van der Waals surface area (Å²) in [6, 6.07) is 1.29. The van der Waals surface area contributed by atoms with E-state index in [0.717, 1.165) is 5.92 Å². The van der Waals surface area contributed by atoms with Crippen LogP contribution in [-0.2, 0) is 0 Å². The first kappa shape index (κ1) is 14.9. The Balaban J connectivity index is 4.21. The molecule has 0 rings (SSSR count). The summed E-state index contributed by atoms with van der Waals surface area (Å²) in [6.45, 7) is 13.8. The Kier molecular flexibility index (Phi) is 8.07. The summed E-state index contributed by atoms with van der Waals surface area (Å²) in [5.74, 6) is 0.758. The standard InChI is InChI=1S/C13H30N2/c1-7-9-15(11(3)4)10-13(14-6)12(5)8-2/h11-14H,7-10H2,1-6H3. The van der Waals surface area contributed by atoms with Crippen molar-refractivity contribution in [3.8, 4) is 0 Å². The lowest BCUT2D eigenvalue weighted by molar-refractivity contribution is 0.178. The van der Waals surface area contributed by atoms with Crippen LogP contribution in [-0.4, -0.2) is 37.1 Å². The maximum absolute atomic E-state index is 3.45. The molecule has 0 aliphatic rings. The second-order valence-electron chi connectivity index (χ2n) is 4.87. The van der Waals surface area contributed by atoms with Gasteiger partial charge in [0.25, 0.3) is 0 Å². The van der Waals surface area contributed by atoms with E-state index in [1.165, 1.54) is 25.9 Å². The predicted molar refractivity (Wildman–Crippen MR) is 69.3 cm³/mol. The summed E-state index contributed by atoms with van der Waals surface area (Å²) >= 11 is 0. The Bertz CT molecular complexity index is 145. The molecule has 0 radical (unpaired) electrons. The highest BCUT2D eigenvalue weighted by molar-refractivity contribution is 4.76. The van der Waals surface area contributed by atoms with Gasteiger partial charge in [0, 0.05) is 18.6 Å². The van der Waals surface area contributed by atoms with E-state index in [0.29, 0.717) is 12.1 Å². The molecule has 2 unspecified atom stereocenters. The van der Waals surface area contributed by atoms with Gasteiger partial charge in [-0.2, -0.15) is 0 Å². The molecule has 0 aromatic carbocycles. The molecule has 92 valence electrons. The minimum absolute atomic E-state index is 0.629. The van der Waals surface area contributed by atoms with Crippen molar-refractivity contribution < 1.29 is 0 Å².